The number of fused-ring (bicyclic) bond motifs is 1. The number of benzene rings is 4. The Labute approximate surface area is 182 Å². The van der Waals surface area contributed by atoms with Crippen molar-refractivity contribution in [3.05, 3.63) is 111 Å². The monoisotopic (exact) mass is 462 g/mol. The normalized spacial score (nSPS) is 10.7. The van der Waals surface area contributed by atoms with E-state index in [0.717, 1.165) is 27.0 Å². The number of nitro groups is 1. The molecule has 4 rings (SSSR count). The standard InChI is InChI=1S/C24H19BrN2O3/c25-20-8-13-24(30-16-18-6-3-5-17-4-1-2-7-23(17)18)19(14-20)15-26-21-9-11-22(12-10-21)27(28)29/h1-14,26H,15-16H2. The lowest BCUT2D eigenvalue weighted by Crippen LogP contribution is -2.04. The Morgan fingerprint density at radius 3 is 2.47 bits per heavy atom. The minimum absolute atomic E-state index is 0.0714. The van der Waals surface area contributed by atoms with Crippen LogP contribution in [0.15, 0.2) is 89.4 Å². The fraction of sp³-hybridized carbons (Fsp3) is 0.0833. The molecule has 0 aliphatic carbocycles. The Kier molecular flexibility index (Phi) is 5.95. The molecule has 1 N–H and O–H groups in total. The summed E-state index contributed by atoms with van der Waals surface area (Å²) < 4.78 is 7.13. The highest BCUT2D eigenvalue weighted by Gasteiger charge is 2.08. The van der Waals surface area contributed by atoms with Crippen molar-refractivity contribution in [2.45, 2.75) is 13.2 Å². The quantitative estimate of drug-likeness (QED) is 0.245. The molecule has 30 heavy (non-hydrogen) atoms. The molecule has 0 aliphatic rings. The van der Waals surface area contributed by atoms with Gasteiger partial charge in [-0.15, -0.1) is 0 Å². The summed E-state index contributed by atoms with van der Waals surface area (Å²) in [5.41, 5.74) is 3.00. The van der Waals surface area contributed by atoms with Crippen LogP contribution in [0, 0.1) is 10.1 Å². The van der Waals surface area contributed by atoms with E-state index in [1.54, 1.807) is 12.1 Å². The lowest BCUT2D eigenvalue weighted by molar-refractivity contribution is -0.384. The highest BCUT2D eigenvalue weighted by Crippen LogP contribution is 2.27. The van der Waals surface area contributed by atoms with Gasteiger partial charge in [0, 0.05) is 34.4 Å². The molecule has 0 saturated carbocycles. The number of nitro benzene ring substituents is 1. The van der Waals surface area contributed by atoms with E-state index in [1.807, 2.05) is 36.4 Å². The Morgan fingerprint density at radius 2 is 1.67 bits per heavy atom. The van der Waals surface area contributed by atoms with Crippen molar-refractivity contribution >= 4 is 38.1 Å². The van der Waals surface area contributed by atoms with Crippen molar-refractivity contribution in [3.63, 3.8) is 0 Å². The Hall–Kier alpha value is -3.38. The average molecular weight is 463 g/mol. The van der Waals surface area contributed by atoms with Crippen LogP contribution in [0.3, 0.4) is 0 Å². The second kappa shape index (κ2) is 8.97. The van der Waals surface area contributed by atoms with Crippen LogP contribution in [0.2, 0.25) is 0 Å². The summed E-state index contributed by atoms with van der Waals surface area (Å²) in [7, 11) is 0. The van der Waals surface area contributed by atoms with Crippen LogP contribution in [0.5, 0.6) is 5.75 Å². The molecule has 0 radical (unpaired) electrons. The van der Waals surface area contributed by atoms with Crippen LogP contribution in [-0.2, 0) is 13.2 Å². The highest BCUT2D eigenvalue weighted by atomic mass is 79.9. The topological polar surface area (TPSA) is 64.4 Å². The van der Waals surface area contributed by atoms with Crippen LogP contribution in [0.1, 0.15) is 11.1 Å². The van der Waals surface area contributed by atoms with Gasteiger partial charge in [0.15, 0.2) is 0 Å². The van der Waals surface area contributed by atoms with Gasteiger partial charge >= 0.3 is 0 Å². The first-order valence-electron chi connectivity index (χ1n) is 9.46. The summed E-state index contributed by atoms with van der Waals surface area (Å²) in [5, 5.41) is 16.5. The Balaban J connectivity index is 1.49. The number of nitrogens with one attached hydrogen (secondary N) is 1. The summed E-state index contributed by atoms with van der Waals surface area (Å²) in [6, 6.07) is 26.8. The molecule has 150 valence electrons. The molecular weight excluding hydrogens is 444 g/mol. The van der Waals surface area contributed by atoms with E-state index in [9.17, 15) is 10.1 Å². The predicted octanol–water partition coefficient (Wildman–Crippen LogP) is 6.70. The van der Waals surface area contributed by atoms with E-state index in [0.29, 0.717) is 13.2 Å². The van der Waals surface area contributed by atoms with Gasteiger partial charge in [-0.2, -0.15) is 0 Å². The van der Waals surface area contributed by atoms with Gasteiger partial charge in [0.1, 0.15) is 12.4 Å². The molecule has 0 aromatic heterocycles. The molecule has 6 heteroatoms. The van der Waals surface area contributed by atoms with Gasteiger partial charge in [0.25, 0.3) is 5.69 Å². The third kappa shape index (κ3) is 4.60. The molecule has 0 unspecified atom stereocenters. The molecule has 0 aliphatic heterocycles. The van der Waals surface area contributed by atoms with Gasteiger partial charge in [0.2, 0.25) is 0 Å². The number of nitrogens with zero attached hydrogens (tertiary/aromatic N) is 1. The van der Waals surface area contributed by atoms with E-state index >= 15 is 0 Å². The van der Waals surface area contributed by atoms with Crippen molar-refractivity contribution < 1.29 is 9.66 Å². The lowest BCUT2D eigenvalue weighted by atomic mass is 10.1. The Bertz CT molecular complexity index is 1190. The minimum Gasteiger partial charge on any atom is -0.489 e. The number of non-ortho nitro benzene ring substituents is 1. The van der Waals surface area contributed by atoms with E-state index in [-0.39, 0.29) is 5.69 Å². The molecular formula is C24H19BrN2O3. The molecule has 4 aromatic carbocycles. The summed E-state index contributed by atoms with van der Waals surface area (Å²) in [6.45, 7) is 0.996. The van der Waals surface area contributed by atoms with Crippen molar-refractivity contribution in [3.8, 4) is 5.75 Å². The molecule has 0 atom stereocenters. The maximum absolute atomic E-state index is 10.8. The van der Waals surface area contributed by atoms with Crippen LogP contribution in [0.25, 0.3) is 10.8 Å². The first-order chi connectivity index (χ1) is 14.6. The number of halogens is 1. The van der Waals surface area contributed by atoms with Crippen molar-refractivity contribution in [2.24, 2.45) is 0 Å². The summed E-state index contributed by atoms with van der Waals surface area (Å²) in [4.78, 5) is 10.4. The smallest absolute Gasteiger partial charge is 0.269 e. The first-order valence-corrected chi connectivity index (χ1v) is 10.3. The lowest BCUT2D eigenvalue weighted by Gasteiger charge is -2.14. The van der Waals surface area contributed by atoms with E-state index in [1.165, 1.54) is 22.9 Å². The molecule has 0 bridgehead atoms. The molecule has 0 fully saturated rings. The number of rotatable bonds is 7. The molecule has 0 saturated heterocycles. The minimum atomic E-state index is -0.405. The summed E-state index contributed by atoms with van der Waals surface area (Å²) >= 11 is 3.52. The van der Waals surface area contributed by atoms with E-state index in [2.05, 4.69) is 45.5 Å². The van der Waals surface area contributed by atoms with E-state index in [4.69, 9.17) is 4.74 Å². The third-order valence-electron chi connectivity index (χ3n) is 4.85. The Morgan fingerprint density at radius 1 is 0.900 bits per heavy atom. The van der Waals surface area contributed by atoms with Gasteiger partial charge in [-0.05, 0) is 46.7 Å². The molecule has 0 heterocycles. The van der Waals surface area contributed by atoms with Gasteiger partial charge in [0.05, 0.1) is 4.92 Å². The largest absolute Gasteiger partial charge is 0.489 e. The zero-order valence-corrected chi connectivity index (χ0v) is 17.6. The van der Waals surface area contributed by atoms with Crippen LogP contribution in [0.4, 0.5) is 11.4 Å². The molecule has 0 spiro atoms. The van der Waals surface area contributed by atoms with Gasteiger partial charge < -0.3 is 10.1 Å². The maximum atomic E-state index is 10.8. The second-order valence-corrected chi connectivity index (χ2v) is 7.75. The van der Waals surface area contributed by atoms with Crippen LogP contribution < -0.4 is 10.1 Å². The third-order valence-corrected chi connectivity index (χ3v) is 5.34. The van der Waals surface area contributed by atoms with Crippen molar-refractivity contribution in [1.29, 1.82) is 0 Å². The molecule has 5 nitrogen and oxygen atoms in total. The zero-order chi connectivity index (χ0) is 20.9. The number of hydrogen-bond donors (Lipinski definition) is 1. The number of ether oxygens (including phenoxy) is 1. The zero-order valence-electron chi connectivity index (χ0n) is 16.0. The molecule has 4 aromatic rings. The van der Waals surface area contributed by atoms with E-state index < -0.39 is 4.92 Å². The fourth-order valence-corrected chi connectivity index (χ4v) is 3.71. The maximum Gasteiger partial charge on any atom is 0.269 e. The SMILES string of the molecule is O=[N+]([O-])c1ccc(NCc2cc(Br)ccc2OCc2cccc3ccccc23)cc1. The average Bonchev–Trinajstić information content (AvgIpc) is 2.77. The first kappa shape index (κ1) is 19.9. The second-order valence-electron chi connectivity index (χ2n) is 6.84. The van der Waals surface area contributed by atoms with Crippen LogP contribution >= 0.6 is 15.9 Å². The van der Waals surface area contributed by atoms with Crippen molar-refractivity contribution in [2.75, 3.05) is 5.32 Å². The predicted molar refractivity (Wildman–Crippen MR) is 123 cm³/mol. The summed E-state index contributed by atoms with van der Waals surface area (Å²) in [5.74, 6) is 0.792. The van der Waals surface area contributed by atoms with Gasteiger partial charge in [-0.25, -0.2) is 0 Å². The van der Waals surface area contributed by atoms with Crippen LogP contribution in [-0.4, -0.2) is 4.92 Å². The van der Waals surface area contributed by atoms with Crippen molar-refractivity contribution in [1.82, 2.24) is 0 Å². The number of hydrogen-bond acceptors (Lipinski definition) is 4. The summed E-state index contributed by atoms with van der Waals surface area (Å²) in [6.07, 6.45) is 0. The molecule has 0 amide bonds. The fourth-order valence-electron chi connectivity index (χ4n) is 3.30. The van der Waals surface area contributed by atoms with Gasteiger partial charge in [-0.3, -0.25) is 10.1 Å². The number of anilines is 1. The highest BCUT2D eigenvalue weighted by molar-refractivity contribution is 9.10. The van der Waals surface area contributed by atoms with Gasteiger partial charge in [-0.1, -0.05) is 58.4 Å².